The summed E-state index contributed by atoms with van der Waals surface area (Å²) in [6, 6.07) is 15.9. The van der Waals surface area contributed by atoms with Gasteiger partial charge in [0.1, 0.15) is 6.61 Å². The molecule has 0 aliphatic heterocycles. The Morgan fingerprint density at radius 1 is 1.03 bits per heavy atom. The zero-order valence-electron chi connectivity index (χ0n) is 18.2. The van der Waals surface area contributed by atoms with Crippen LogP contribution in [0.1, 0.15) is 37.3 Å². The normalized spacial score (nSPS) is 20.4. The highest BCUT2D eigenvalue weighted by Gasteiger charge is 2.43. The molecule has 0 aromatic heterocycles. The highest BCUT2D eigenvalue weighted by atomic mass is 16.5. The summed E-state index contributed by atoms with van der Waals surface area (Å²) >= 11 is 0. The van der Waals surface area contributed by atoms with Crippen molar-refractivity contribution < 1.29 is 24.2 Å². The minimum atomic E-state index is -0.943. The van der Waals surface area contributed by atoms with Crippen molar-refractivity contribution in [2.75, 3.05) is 13.2 Å². The standard InChI is InChI=1S/C25H28N2O5/c1-14(24(29)30)15(2)27-23(28)21-11-16(21)12-26-25(31)32-13-22-19-9-5-3-7-17(19)18-8-4-6-10-20(18)22/h3-10,14-16,21-22H,11-13H2,1-2H3,(H,26,31)(H,27,28)(H,29,30)/t14?,15?,16-,21-/m1/s1. The molecule has 2 aromatic rings. The van der Waals surface area contributed by atoms with Gasteiger partial charge in [-0.1, -0.05) is 48.5 Å². The van der Waals surface area contributed by atoms with Gasteiger partial charge in [0.15, 0.2) is 0 Å². The van der Waals surface area contributed by atoms with Crippen molar-refractivity contribution in [3.05, 3.63) is 59.7 Å². The predicted molar refractivity (Wildman–Crippen MR) is 119 cm³/mol. The van der Waals surface area contributed by atoms with Gasteiger partial charge in [-0.2, -0.15) is 0 Å². The lowest BCUT2D eigenvalue weighted by Gasteiger charge is -2.17. The lowest BCUT2D eigenvalue weighted by Crippen LogP contribution is -2.41. The summed E-state index contributed by atoms with van der Waals surface area (Å²) in [6.45, 7) is 3.86. The monoisotopic (exact) mass is 436 g/mol. The molecule has 2 aliphatic carbocycles. The van der Waals surface area contributed by atoms with E-state index in [-0.39, 0.29) is 30.3 Å². The Morgan fingerprint density at radius 2 is 1.62 bits per heavy atom. The fraction of sp³-hybridized carbons (Fsp3) is 0.400. The number of carbonyl (C=O) groups excluding carboxylic acids is 2. The van der Waals surface area contributed by atoms with E-state index < -0.39 is 24.0 Å². The van der Waals surface area contributed by atoms with Crippen molar-refractivity contribution in [1.29, 1.82) is 0 Å². The van der Waals surface area contributed by atoms with Gasteiger partial charge in [-0.3, -0.25) is 9.59 Å². The topological polar surface area (TPSA) is 105 Å². The summed E-state index contributed by atoms with van der Waals surface area (Å²) in [7, 11) is 0. The number of hydrogen-bond acceptors (Lipinski definition) is 4. The summed E-state index contributed by atoms with van der Waals surface area (Å²) in [6.07, 6.45) is 0.176. The highest BCUT2D eigenvalue weighted by molar-refractivity contribution is 5.83. The molecule has 0 radical (unpaired) electrons. The van der Waals surface area contributed by atoms with Crippen LogP contribution in [0.4, 0.5) is 4.79 Å². The van der Waals surface area contributed by atoms with E-state index in [9.17, 15) is 14.4 Å². The number of hydrogen-bond donors (Lipinski definition) is 3. The maximum absolute atomic E-state index is 12.3. The number of amides is 2. The van der Waals surface area contributed by atoms with E-state index in [2.05, 4.69) is 34.9 Å². The van der Waals surface area contributed by atoms with Crippen molar-refractivity contribution in [3.63, 3.8) is 0 Å². The summed E-state index contributed by atoms with van der Waals surface area (Å²) in [5, 5.41) is 14.6. The Kier molecular flexibility index (Phi) is 6.17. The number of aliphatic carboxylic acids is 1. The number of carboxylic acids is 1. The third kappa shape index (κ3) is 4.47. The third-order valence-electron chi connectivity index (χ3n) is 6.62. The van der Waals surface area contributed by atoms with Gasteiger partial charge >= 0.3 is 12.1 Å². The smallest absolute Gasteiger partial charge is 0.407 e. The number of nitrogens with one attached hydrogen (secondary N) is 2. The van der Waals surface area contributed by atoms with Crippen LogP contribution in [-0.2, 0) is 14.3 Å². The molecule has 2 aromatic carbocycles. The van der Waals surface area contributed by atoms with Crippen LogP contribution < -0.4 is 10.6 Å². The average Bonchev–Trinajstić information content (AvgIpc) is 3.51. The molecule has 4 atom stereocenters. The molecule has 4 rings (SSSR count). The number of rotatable bonds is 8. The van der Waals surface area contributed by atoms with Gasteiger partial charge in [0.25, 0.3) is 0 Å². The Morgan fingerprint density at radius 3 is 2.22 bits per heavy atom. The molecular weight excluding hydrogens is 408 g/mol. The Hall–Kier alpha value is -3.35. The fourth-order valence-corrected chi connectivity index (χ4v) is 4.33. The van der Waals surface area contributed by atoms with Gasteiger partial charge in [0, 0.05) is 24.4 Å². The van der Waals surface area contributed by atoms with Crippen molar-refractivity contribution in [2.24, 2.45) is 17.8 Å². The molecule has 3 N–H and O–H groups in total. The molecule has 1 fully saturated rings. The number of benzene rings is 2. The number of alkyl carbamates (subject to hydrolysis) is 1. The molecule has 0 saturated heterocycles. The Bertz CT molecular complexity index is 991. The van der Waals surface area contributed by atoms with E-state index in [0.29, 0.717) is 13.0 Å². The summed E-state index contributed by atoms with van der Waals surface area (Å²) in [4.78, 5) is 35.6. The molecule has 2 aliphatic rings. The average molecular weight is 437 g/mol. The van der Waals surface area contributed by atoms with Crippen LogP contribution in [0.5, 0.6) is 0 Å². The van der Waals surface area contributed by atoms with Gasteiger partial charge in [0.2, 0.25) is 5.91 Å². The maximum atomic E-state index is 12.3. The van der Waals surface area contributed by atoms with Crippen LogP contribution in [0.25, 0.3) is 11.1 Å². The fourth-order valence-electron chi connectivity index (χ4n) is 4.33. The summed E-state index contributed by atoms with van der Waals surface area (Å²) in [5.41, 5.74) is 4.67. The van der Waals surface area contributed by atoms with Crippen LogP contribution in [-0.4, -0.2) is 42.3 Å². The quantitative estimate of drug-likeness (QED) is 0.588. The second kappa shape index (κ2) is 9.02. The Balaban J connectivity index is 1.24. The van der Waals surface area contributed by atoms with Crippen LogP contribution in [0, 0.1) is 17.8 Å². The molecule has 168 valence electrons. The van der Waals surface area contributed by atoms with E-state index in [1.54, 1.807) is 13.8 Å². The minimum Gasteiger partial charge on any atom is -0.481 e. The molecule has 0 bridgehead atoms. The minimum absolute atomic E-state index is 0.00492. The van der Waals surface area contributed by atoms with E-state index >= 15 is 0 Å². The van der Waals surface area contributed by atoms with Crippen LogP contribution in [0.2, 0.25) is 0 Å². The van der Waals surface area contributed by atoms with Crippen molar-refractivity contribution in [1.82, 2.24) is 10.6 Å². The highest BCUT2D eigenvalue weighted by Crippen LogP contribution is 2.44. The third-order valence-corrected chi connectivity index (χ3v) is 6.62. The number of carboxylic acid groups (broad SMARTS) is 1. The van der Waals surface area contributed by atoms with E-state index in [4.69, 9.17) is 9.84 Å². The summed E-state index contributed by atoms with van der Waals surface area (Å²) < 4.78 is 5.52. The van der Waals surface area contributed by atoms with E-state index in [0.717, 1.165) is 11.1 Å². The van der Waals surface area contributed by atoms with Crippen molar-refractivity contribution >= 4 is 18.0 Å². The van der Waals surface area contributed by atoms with Crippen LogP contribution >= 0.6 is 0 Å². The zero-order chi connectivity index (χ0) is 22.8. The molecule has 0 spiro atoms. The van der Waals surface area contributed by atoms with Gasteiger partial charge < -0.3 is 20.5 Å². The first-order valence-corrected chi connectivity index (χ1v) is 11.0. The molecule has 0 heterocycles. The van der Waals surface area contributed by atoms with Crippen LogP contribution in [0.15, 0.2) is 48.5 Å². The van der Waals surface area contributed by atoms with Crippen molar-refractivity contribution in [2.45, 2.75) is 32.2 Å². The zero-order valence-corrected chi connectivity index (χ0v) is 18.2. The first-order valence-electron chi connectivity index (χ1n) is 11.0. The molecule has 7 heteroatoms. The molecule has 2 amide bonds. The number of carbonyl (C=O) groups is 3. The molecule has 7 nitrogen and oxygen atoms in total. The van der Waals surface area contributed by atoms with E-state index in [1.807, 2.05) is 24.3 Å². The van der Waals surface area contributed by atoms with Gasteiger partial charge in [-0.25, -0.2) is 4.79 Å². The SMILES string of the molecule is CC(NC(=O)[C@@H]1C[C@@H]1CNC(=O)OCC1c2ccccc2-c2ccccc21)C(C)C(=O)O. The lowest BCUT2D eigenvalue weighted by atomic mass is 9.98. The van der Waals surface area contributed by atoms with Crippen LogP contribution in [0.3, 0.4) is 0 Å². The lowest BCUT2D eigenvalue weighted by molar-refractivity contribution is -0.142. The first kappa shape index (κ1) is 21.9. The Labute approximate surface area is 187 Å². The predicted octanol–water partition coefficient (Wildman–Crippen LogP) is 3.39. The molecule has 1 saturated carbocycles. The first-order chi connectivity index (χ1) is 15.4. The molecule has 32 heavy (non-hydrogen) atoms. The van der Waals surface area contributed by atoms with E-state index in [1.165, 1.54) is 11.1 Å². The summed E-state index contributed by atoms with van der Waals surface area (Å²) in [5.74, 6) is -1.91. The van der Waals surface area contributed by atoms with Gasteiger partial charge in [0.05, 0.1) is 5.92 Å². The number of fused-ring (bicyclic) bond motifs is 3. The number of ether oxygens (including phenoxy) is 1. The van der Waals surface area contributed by atoms with Gasteiger partial charge in [-0.05, 0) is 48.4 Å². The maximum Gasteiger partial charge on any atom is 0.407 e. The second-order valence-corrected chi connectivity index (χ2v) is 8.73. The molecule has 2 unspecified atom stereocenters. The molecular formula is C25H28N2O5. The second-order valence-electron chi connectivity index (χ2n) is 8.73. The van der Waals surface area contributed by atoms with Gasteiger partial charge in [-0.15, -0.1) is 0 Å². The largest absolute Gasteiger partial charge is 0.481 e. The van der Waals surface area contributed by atoms with Crippen molar-refractivity contribution in [3.8, 4) is 11.1 Å².